The molecule has 0 saturated carbocycles. The molecular formula is C17H17Cl2NO. The molecule has 1 aliphatic rings. The maximum absolute atomic E-state index is 12.3. The van der Waals surface area contributed by atoms with E-state index in [1.54, 1.807) is 0 Å². The van der Waals surface area contributed by atoms with Crippen LogP contribution in [0.5, 0.6) is 0 Å². The third-order valence-electron chi connectivity index (χ3n) is 4.08. The Morgan fingerprint density at radius 2 is 1.86 bits per heavy atom. The number of carbonyl (C=O) groups is 1. The topological polar surface area (TPSA) is 22.0 Å². The molecule has 0 aliphatic heterocycles. The zero-order valence-electron chi connectivity index (χ0n) is 12.3. The van der Waals surface area contributed by atoms with E-state index >= 15 is 0 Å². The molecule has 0 radical (unpaired) electrons. The minimum absolute atomic E-state index is 0.0387. The lowest BCUT2D eigenvalue weighted by Gasteiger charge is -2.30. The van der Waals surface area contributed by atoms with E-state index < -0.39 is 0 Å². The lowest BCUT2D eigenvalue weighted by Crippen LogP contribution is -2.27. The van der Waals surface area contributed by atoms with Crippen molar-refractivity contribution in [1.29, 1.82) is 0 Å². The van der Waals surface area contributed by atoms with E-state index in [4.69, 9.17) is 23.2 Å². The quantitative estimate of drug-likeness (QED) is 0.703. The maximum atomic E-state index is 12.3. The number of benzene rings is 1. The highest BCUT2D eigenvalue weighted by Gasteiger charge is 2.33. The minimum Gasteiger partial charge on any atom is -0.317 e. The van der Waals surface area contributed by atoms with Crippen molar-refractivity contribution in [2.75, 3.05) is 0 Å². The Labute approximate surface area is 134 Å². The molecule has 0 bridgehead atoms. The van der Waals surface area contributed by atoms with Crippen LogP contribution in [0.1, 0.15) is 41.9 Å². The van der Waals surface area contributed by atoms with Crippen LogP contribution in [0.25, 0.3) is 5.69 Å². The number of rotatable bonds is 1. The van der Waals surface area contributed by atoms with Gasteiger partial charge in [-0.1, -0.05) is 43.1 Å². The van der Waals surface area contributed by atoms with Gasteiger partial charge in [0, 0.05) is 23.9 Å². The van der Waals surface area contributed by atoms with E-state index in [1.165, 1.54) is 0 Å². The van der Waals surface area contributed by atoms with Gasteiger partial charge in [-0.2, -0.15) is 0 Å². The highest BCUT2D eigenvalue weighted by molar-refractivity contribution is 6.38. The molecule has 0 fully saturated rings. The average Bonchev–Trinajstić information content (AvgIpc) is 2.77. The van der Waals surface area contributed by atoms with Crippen LogP contribution in [0.4, 0.5) is 0 Å². The van der Waals surface area contributed by atoms with Gasteiger partial charge in [-0.05, 0) is 36.5 Å². The fourth-order valence-electron chi connectivity index (χ4n) is 3.02. The third-order valence-corrected chi connectivity index (χ3v) is 4.86. The standard InChI is InChI=1S/C17H17Cl2NO/c1-10-4-5-12(18)16(15(10)19)20-7-6-11-13(20)8-17(2,3)9-14(11)21/h4-7H,8-9H2,1-3H3. The van der Waals surface area contributed by atoms with Gasteiger partial charge in [0.25, 0.3) is 0 Å². The molecular weight excluding hydrogens is 305 g/mol. The second-order valence-corrected chi connectivity index (χ2v) is 7.30. The Bertz CT molecular complexity index is 743. The number of Topliss-reactive ketones (excluding diaryl/α,β-unsaturated/α-hetero) is 1. The van der Waals surface area contributed by atoms with E-state index in [0.717, 1.165) is 28.9 Å². The molecule has 1 aliphatic carbocycles. The number of aryl methyl sites for hydroxylation is 1. The molecule has 1 aromatic carbocycles. The Balaban J connectivity index is 2.24. The van der Waals surface area contributed by atoms with Crippen LogP contribution in [0, 0.1) is 12.3 Å². The summed E-state index contributed by atoms with van der Waals surface area (Å²) in [5.74, 6) is 0.194. The summed E-state index contributed by atoms with van der Waals surface area (Å²) in [6.07, 6.45) is 3.32. The molecule has 3 rings (SSSR count). The van der Waals surface area contributed by atoms with Gasteiger partial charge in [-0.25, -0.2) is 0 Å². The second kappa shape index (κ2) is 4.89. The summed E-state index contributed by atoms with van der Waals surface area (Å²) in [6.45, 7) is 6.18. The Hall–Kier alpha value is -1.25. The number of hydrogen-bond acceptors (Lipinski definition) is 1. The number of carbonyl (C=O) groups excluding carboxylic acids is 1. The van der Waals surface area contributed by atoms with Gasteiger partial charge in [-0.3, -0.25) is 4.79 Å². The number of fused-ring (bicyclic) bond motifs is 1. The SMILES string of the molecule is Cc1ccc(Cl)c(-n2ccc3c2CC(C)(C)CC3=O)c1Cl. The van der Waals surface area contributed by atoms with Gasteiger partial charge in [-0.15, -0.1) is 0 Å². The first-order valence-corrected chi connectivity index (χ1v) is 7.74. The molecule has 2 aromatic rings. The largest absolute Gasteiger partial charge is 0.317 e. The number of nitrogens with zero attached hydrogens (tertiary/aromatic N) is 1. The Morgan fingerprint density at radius 3 is 2.57 bits per heavy atom. The molecule has 2 nitrogen and oxygen atoms in total. The predicted molar refractivity (Wildman–Crippen MR) is 87.0 cm³/mol. The lowest BCUT2D eigenvalue weighted by molar-refractivity contribution is 0.0911. The molecule has 21 heavy (non-hydrogen) atoms. The number of aromatic nitrogens is 1. The van der Waals surface area contributed by atoms with Crippen LogP contribution in [0.3, 0.4) is 0 Å². The number of halogens is 2. The highest BCUT2D eigenvalue weighted by Crippen LogP contribution is 2.39. The highest BCUT2D eigenvalue weighted by atomic mass is 35.5. The van der Waals surface area contributed by atoms with Crippen molar-refractivity contribution in [3.8, 4) is 5.69 Å². The zero-order chi connectivity index (χ0) is 15.4. The van der Waals surface area contributed by atoms with Crippen molar-refractivity contribution >= 4 is 29.0 Å². The normalized spacial score (nSPS) is 16.9. The molecule has 0 atom stereocenters. The average molecular weight is 322 g/mol. The van der Waals surface area contributed by atoms with Crippen molar-refractivity contribution in [2.45, 2.75) is 33.6 Å². The van der Waals surface area contributed by atoms with Crippen LogP contribution < -0.4 is 0 Å². The summed E-state index contributed by atoms with van der Waals surface area (Å²) >= 11 is 12.8. The van der Waals surface area contributed by atoms with Gasteiger partial charge >= 0.3 is 0 Å². The molecule has 0 spiro atoms. The fraction of sp³-hybridized carbons (Fsp3) is 0.353. The third kappa shape index (κ3) is 2.41. The molecule has 1 aromatic heterocycles. The summed E-state index contributed by atoms with van der Waals surface area (Å²) in [5.41, 5.74) is 3.50. The van der Waals surface area contributed by atoms with Crippen molar-refractivity contribution in [2.24, 2.45) is 5.41 Å². The van der Waals surface area contributed by atoms with E-state index in [9.17, 15) is 4.79 Å². The summed E-state index contributed by atoms with van der Waals surface area (Å²) in [6, 6.07) is 5.63. The molecule has 4 heteroatoms. The minimum atomic E-state index is -0.0387. The summed E-state index contributed by atoms with van der Waals surface area (Å²) in [5, 5.41) is 1.23. The second-order valence-electron chi connectivity index (χ2n) is 6.51. The van der Waals surface area contributed by atoms with Crippen molar-refractivity contribution in [3.63, 3.8) is 0 Å². The summed E-state index contributed by atoms with van der Waals surface area (Å²) in [4.78, 5) is 12.3. The van der Waals surface area contributed by atoms with Gasteiger partial charge in [0.1, 0.15) is 0 Å². The molecule has 0 amide bonds. The first kappa shape index (κ1) is 14.7. The van der Waals surface area contributed by atoms with E-state index in [1.807, 2.05) is 35.9 Å². The van der Waals surface area contributed by atoms with Crippen molar-refractivity contribution < 1.29 is 4.79 Å². The van der Waals surface area contributed by atoms with Crippen LogP contribution in [0.2, 0.25) is 10.0 Å². The molecule has 0 unspecified atom stereocenters. The fourth-order valence-corrected chi connectivity index (χ4v) is 3.57. The van der Waals surface area contributed by atoms with Crippen LogP contribution in [-0.4, -0.2) is 10.4 Å². The van der Waals surface area contributed by atoms with Gasteiger partial charge in [0.05, 0.1) is 15.7 Å². The number of ketones is 1. The summed E-state index contributed by atoms with van der Waals surface area (Å²) in [7, 11) is 0. The molecule has 110 valence electrons. The van der Waals surface area contributed by atoms with E-state index in [0.29, 0.717) is 16.5 Å². The maximum Gasteiger partial charge on any atom is 0.165 e. The van der Waals surface area contributed by atoms with Gasteiger partial charge < -0.3 is 4.57 Å². The van der Waals surface area contributed by atoms with Crippen LogP contribution in [0.15, 0.2) is 24.4 Å². The Morgan fingerprint density at radius 1 is 1.14 bits per heavy atom. The molecule has 0 N–H and O–H groups in total. The van der Waals surface area contributed by atoms with Crippen LogP contribution in [-0.2, 0) is 6.42 Å². The van der Waals surface area contributed by atoms with Crippen molar-refractivity contribution in [3.05, 3.63) is 51.3 Å². The van der Waals surface area contributed by atoms with E-state index in [-0.39, 0.29) is 11.2 Å². The summed E-state index contributed by atoms with van der Waals surface area (Å²) < 4.78 is 1.98. The molecule has 1 heterocycles. The smallest absolute Gasteiger partial charge is 0.165 e. The van der Waals surface area contributed by atoms with Crippen LogP contribution >= 0.6 is 23.2 Å². The first-order valence-electron chi connectivity index (χ1n) is 6.98. The Kier molecular flexibility index (Phi) is 3.42. The van der Waals surface area contributed by atoms with Gasteiger partial charge in [0.15, 0.2) is 5.78 Å². The van der Waals surface area contributed by atoms with E-state index in [2.05, 4.69) is 13.8 Å². The number of hydrogen-bond donors (Lipinski definition) is 0. The van der Waals surface area contributed by atoms with Crippen molar-refractivity contribution in [1.82, 2.24) is 4.57 Å². The van der Waals surface area contributed by atoms with Gasteiger partial charge in [0.2, 0.25) is 0 Å². The predicted octanol–water partition coefficient (Wildman–Crippen LogP) is 5.25. The monoisotopic (exact) mass is 321 g/mol. The molecule has 0 saturated heterocycles. The lowest BCUT2D eigenvalue weighted by atomic mass is 9.76. The zero-order valence-corrected chi connectivity index (χ0v) is 13.8. The first-order chi connectivity index (χ1) is 9.80.